The number of nitrogens with two attached hydrogens (primary N) is 1. The van der Waals surface area contributed by atoms with Crippen molar-refractivity contribution in [3.8, 4) is 0 Å². The van der Waals surface area contributed by atoms with Crippen LogP contribution in [0.1, 0.15) is 10.4 Å². The Morgan fingerprint density at radius 1 is 1.44 bits per heavy atom. The summed E-state index contributed by atoms with van der Waals surface area (Å²) < 4.78 is 26.5. The van der Waals surface area contributed by atoms with E-state index in [1.54, 1.807) is 0 Å². The van der Waals surface area contributed by atoms with E-state index in [1.807, 2.05) is 0 Å². The molecule has 0 aromatic heterocycles. The van der Waals surface area contributed by atoms with Gasteiger partial charge in [-0.2, -0.15) is 0 Å². The number of rotatable bonds is 5. The summed E-state index contributed by atoms with van der Waals surface area (Å²) in [5, 5.41) is 8.82. The quantitative estimate of drug-likeness (QED) is 0.614. The molecule has 0 aliphatic heterocycles. The van der Waals surface area contributed by atoms with E-state index in [-0.39, 0.29) is 30.9 Å². The molecule has 1 amide bonds. The van der Waals surface area contributed by atoms with Gasteiger partial charge >= 0.3 is 0 Å². The number of hydrogen-bond acceptors (Lipinski definition) is 3. The lowest BCUT2D eigenvalue weighted by Gasteiger charge is -2.20. The number of halogens is 2. The van der Waals surface area contributed by atoms with Gasteiger partial charge in [0.2, 0.25) is 0 Å². The summed E-state index contributed by atoms with van der Waals surface area (Å²) in [6.07, 6.45) is 1.44. The molecular weight excluding hydrogens is 242 g/mol. The first-order valence-corrected chi connectivity index (χ1v) is 5.26. The number of amides is 1. The Balaban J connectivity index is 3.07. The molecule has 0 aliphatic rings. The molecule has 0 bridgehead atoms. The van der Waals surface area contributed by atoms with E-state index >= 15 is 0 Å². The maximum atomic E-state index is 13.5. The highest BCUT2D eigenvalue weighted by molar-refractivity contribution is 5.95. The first-order valence-electron chi connectivity index (χ1n) is 5.26. The molecule has 98 valence electrons. The number of carbonyl (C=O) groups is 1. The Bertz CT molecular complexity index is 464. The molecule has 0 fully saturated rings. The Morgan fingerprint density at radius 3 is 2.67 bits per heavy atom. The van der Waals surface area contributed by atoms with Crippen molar-refractivity contribution < 1.29 is 18.7 Å². The number of carbonyl (C=O) groups excluding carboxylic acids is 1. The zero-order valence-electron chi connectivity index (χ0n) is 9.70. The van der Waals surface area contributed by atoms with E-state index < -0.39 is 17.5 Å². The Morgan fingerprint density at radius 2 is 2.11 bits per heavy atom. The van der Waals surface area contributed by atoms with Crippen molar-refractivity contribution >= 4 is 11.6 Å². The van der Waals surface area contributed by atoms with Crippen molar-refractivity contribution in [2.75, 3.05) is 25.4 Å². The highest BCUT2D eigenvalue weighted by Crippen LogP contribution is 2.18. The summed E-state index contributed by atoms with van der Waals surface area (Å²) in [6, 6.07) is 1.51. The first kappa shape index (κ1) is 14.1. The number of aliphatic hydroxyl groups is 1. The van der Waals surface area contributed by atoms with Crippen molar-refractivity contribution in [3.63, 3.8) is 0 Å². The normalized spacial score (nSPS) is 10.2. The van der Waals surface area contributed by atoms with Crippen LogP contribution in [0.2, 0.25) is 0 Å². The minimum Gasteiger partial charge on any atom is -0.396 e. The maximum absolute atomic E-state index is 13.5. The third-order valence-electron chi connectivity index (χ3n) is 2.32. The lowest BCUT2D eigenvalue weighted by molar-refractivity contribution is 0.0738. The molecule has 18 heavy (non-hydrogen) atoms. The van der Waals surface area contributed by atoms with E-state index in [0.29, 0.717) is 6.07 Å². The number of aliphatic hydroxyl groups excluding tert-OH is 1. The molecule has 4 nitrogen and oxygen atoms in total. The summed E-state index contributed by atoms with van der Waals surface area (Å²) in [5.41, 5.74) is 4.66. The van der Waals surface area contributed by atoms with Crippen LogP contribution in [0.3, 0.4) is 0 Å². The molecule has 0 atom stereocenters. The zero-order chi connectivity index (χ0) is 13.7. The minimum absolute atomic E-state index is 0.0293. The number of benzene rings is 1. The molecule has 1 aromatic rings. The molecule has 1 rings (SSSR count). The summed E-state index contributed by atoms with van der Waals surface area (Å²) in [4.78, 5) is 13.1. The van der Waals surface area contributed by atoms with Gasteiger partial charge in [0, 0.05) is 19.2 Å². The average Bonchev–Trinajstić information content (AvgIpc) is 2.33. The predicted molar refractivity (Wildman–Crippen MR) is 64.0 cm³/mol. The van der Waals surface area contributed by atoms with E-state index in [0.717, 1.165) is 6.07 Å². The molecule has 0 radical (unpaired) electrons. The van der Waals surface area contributed by atoms with Crippen LogP contribution >= 0.6 is 0 Å². The van der Waals surface area contributed by atoms with E-state index in [9.17, 15) is 13.6 Å². The number of anilines is 1. The van der Waals surface area contributed by atoms with Gasteiger partial charge in [-0.05, 0) is 6.07 Å². The van der Waals surface area contributed by atoms with Gasteiger partial charge in [-0.3, -0.25) is 4.79 Å². The van der Waals surface area contributed by atoms with Gasteiger partial charge in [-0.25, -0.2) is 8.78 Å². The zero-order valence-corrected chi connectivity index (χ0v) is 9.70. The van der Waals surface area contributed by atoms with Gasteiger partial charge in [0.05, 0.1) is 17.9 Å². The fourth-order valence-corrected chi connectivity index (χ4v) is 1.45. The van der Waals surface area contributed by atoms with E-state index in [2.05, 4.69) is 6.58 Å². The number of hydrogen-bond donors (Lipinski definition) is 2. The number of nitrogens with zero attached hydrogens (tertiary/aromatic N) is 1. The van der Waals surface area contributed by atoms with Gasteiger partial charge in [-0.15, -0.1) is 6.58 Å². The standard InChI is InChI=1S/C12H14F2N2O2/c1-2-3-16(4-5-17)12(18)8-6-11(15)10(14)7-9(8)13/h2,6-7,17H,1,3-5,15H2. The molecule has 1 aromatic carbocycles. The number of nitrogen functional groups attached to an aromatic ring is 1. The van der Waals surface area contributed by atoms with Gasteiger partial charge in [0.1, 0.15) is 11.6 Å². The van der Waals surface area contributed by atoms with Crippen molar-refractivity contribution in [2.45, 2.75) is 0 Å². The summed E-state index contributed by atoms with van der Waals surface area (Å²) in [7, 11) is 0. The van der Waals surface area contributed by atoms with E-state index in [4.69, 9.17) is 10.8 Å². The smallest absolute Gasteiger partial charge is 0.257 e. The van der Waals surface area contributed by atoms with Gasteiger partial charge in [0.25, 0.3) is 5.91 Å². The van der Waals surface area contributed by atoms with Gasteiger partial charge in [-0.1, -0.05) is 6.08 Å². The SMILES string of the molecule is C=CCN(CCO)C(=O)c1cc(N)c(F)cc1F. The summed E-state index contributed by atoms with van der Waals surface area (Å²) in [5.74, 6) is -2.58. The summed E-state index contributed by atoms with van der Waals surface area (Å²) in [6.45, 7) is 3.37. The Hall–Kier alpha value is -1.95. The molecule has 0 spiro atoms. The molecule has 6 heteroatoms. The van der Waals surface area contributed by atoms with Crippen LogP contribution in [0.15, 0.2) is 24.8 Å². The highest BCUT2D eigenvalue weighted by Gasteiger charge is 2.19. The second-order valence-electron chi connectivity index (χ2n) is 3.62. The van der Waals surface area contributed by atoms with Gasteiger partial charge < -0.3 is 15.7 Å². The van der Waals surface area contributed by atoms with Crippen molar-refractivity contribution in [1.29, 1.82) is 0 Å². The van der Waals surface area contributed by atoms with Crippen LogP contribution < -0.4 is 5.73 Å². The monoisotopic (exact) mass is 256 g/mol. The molecule has 0 heterocycles. The minimum atomic E-state index is -0.987. The fraction of sp³-hybridized carbons (Fsp3) is 0.250. The van der Waals surface area contributed by atoms with Gasteiger partial charge in [0.15, 0.2) is 0 Å². The molecular formula is C12H14F2N2O2. The third-order valence-corrected chi connectivity index (χ3v) is 2.32. The van der Waals surface area contributed by atoms with Crippen LogP contribution in [0, 0.1) is 11.6 Å². The summed E-state index contributed by atoms with van der Waals surface area (Å²) >= 11 is 0. The second-order valence-corrected chi connectivity index (χ2v) is 3.62. The lowest BCUT2D eigenvalue weighted by atomic mass is 10.1. The maximum Gasteiger partial charge on any atom is 0.257 e. The molecule has 0 aliphatic carbocycles. The Labute approximate surface area is 103 Å². The van der Waals surface area contributed by atoms with Crippen LogP contribution in [0.4, 0.5) is 14.5 Å². The lowest BCUT2D eigenvalue weighted by Crippen LogP contribution is -2.34. The van der Waals surface area contributed by atoms with Crippen LogP contribution in [0.5, 0.6) is 0 Å². The molecule has 0 saturated carbocycles. The van der Waals surface area contributed by atoms with Crippen molar-refractivity contribution in [1.82, 2.24) is 4.90 Å². The van der Waals surface area contributed by atoms with Crippen molar-refractivity contribution in [3.05, 3.63) is 42.0 Å². The van der Waals surface area contributed by atoms with Crippen molar-refractivity contribution in [2.24, 2.45) is 0 Å². The predicted octanol–water partition coefficient (Wildman–Crippen LogP) is 1.17. The molecule has 0 saturated heterocycles. The third kappa shape index (κ3) is 3.04. The van der Waals surface area contributed by atoms with E-state index in [1.165, 1.54) is 11.0 Å². The Kier molecular flexibility index (Phi) is 4.79. The first-order chi connectivity index (χ1) is 8.51. The molecule has 3 N–H and O–H groups in total. The van der Waals surface area contributed by atoms with Crippen LogP contribution in [-0.2, 0) is 0 Å². The molecule has 0 unspecified atom stereocenters. The van der Waals surface area contributed by atoms with Crippen LogP contribution in [-0.4, -0.2) is 35.6 Å². The highest BCUT2D eigenvalue weighted by atomic mass is 19.1. The second kappa shape index (κ2) is 6.11. The fourth-order valence-electron chi connectivity index (χ4n) is 1.45. The average molecular weight is 256 g/mol. The largest absolute Gasteiger partial charge is 0.396 e. The topological polar surface area (TPSA) is 66.6 Å². The van der Waals surface area contributed by atoms with Crippen LogP contribution in [0.25, 0.3) is 0 Å².